The molecule has 88 heavy (non-hydrogen) atoms. The van der Waals surface area contributed by atoms with E-state index in [4.69, 9.17) is 78.8 Å². The average molecular weight is 1180 g/mol. The van der Waals surface area contributed by atoms with E-state index in [0.717, 1.165) is 22.3 Å². The Bertz CT molecular complexity index is 3440. The van der Waals surface area contributed by atoms with E-state index in [0.29, 0.717) is 90.0 Å². The molecular weight excluding hydrogens is 1120 g/mol. The Morgan fingerprint density at radius 3 is 0.614 bits per heavy atom. The molecule has 0 spiro atoms. The van der Waals surface area contributed by atoms with E-state index in [-0.39, 0.29) is 75.1 Å². The zero-order valence-electron chi connectivity index (χ0n) is 48.8. The number of carbonyl (C=O) groups is 4. The lowest BCUT2D eigenvalue weighted by Crippen LogP contribution is -2.18. The summed E-state index contributed by atoms with van der Waals surface area (Å²) in [6, 6.07) is 44.9. The number of rotatable bonds is 16. The number of azo groups is 4. The molecule has 8 aromatic rings. The summed E-state index contributed by atoms with van der Waals surface area (Å²) in [5.74, 6) is -1.44. The molecule has 0 unspecified atom stereocenters. The van der Waals surface area contributed by atoms with Crippen molar-refractivity contribution < 1.29 is 57.1 Å². The average Bonchev–Trinajstić information content (AvgIpc) is 1.17. The van der Waals surface area contributed by atoms with Crippen molar-refractivity contribution in [1.82, 2.24) is 0 Å². The van der Waals surface area contributed by atoms with E-state index in [1.807, 2.05) is 97.1 Å². The Morgan fingerprint density at radius 2 is 0.443 bits per heavy atom. The summed E-state index contributed by atoms with van der Waals surface area (Å²) in [6.45, 7) is 5.22. The van der Waals surface area contributed by atoms with Gasteiger partial charge >= 0.3 is 23.9 Å². The van der Waals surface area contributed by atoms with E-state index in [9.17, 15) is 19.2 Å². The Kier molecular flexibility index (Phi) is 18.4. The number of esters is 4. The third-order valence-corrected chi connectivity index (χ3v) is 14.3. The van der Waals surface area contributed by atoms with Crippen LogP contribution in [0, 0.1) is 0 Å². The number of benzene rings is 8. The van der Waals surface area contributed by atoms with E-state index < -0.39 is 50.3 Å². The molecule has 0 saturated heterocycles. The third-order valence-electron chi connectivity index (χ3n) is 14.3. The SMILES string of the molecule is CCOC(=O)COc1c2cc3cc1Cc1cc4cc(c1OCC(=O)OCC)Cc1cc(cc(c1OCC(=O)OCC)Cc1cc(cc(c1OCC(=O)OCC)C2)N=Nc1ccc(cc1)-c1ccc(cc1)N=N4)N=Nc1ccc(cc1)-c1ccc(cc1)N=N3. The first-order valence-electron chi connectivity index (χ1n) is 28.8. The van der Waals surface area contributed by atoms with Gasteiger partial charge in [-0.3, -0.25) is 0 Å². The first kappa shape index (κ1) is 59.0. The van der Waals surface area contributed by atoms with Crippen molar-refractivity contribution in [1.29, 1.82) is 0 Å². The van der Waals surface area contributed by atoms with Crippen LogP contribution in [0.4, 0.5) is 45.5 Å². The molecule has 20 heteroatoms. The molecule has 0 amide bonds. The molecule has 20 nitrogen and oxygen atoms in total. The number of ether oxygens (including phenoxy) is 8. The first-order chi connectivity index (χ1) is 43.0. The van der Waals surface area contributed by atoms with E-state index >= 15 is 0 Å². The van der Waals surface area contributed by atoms with E-state index in [2.05, 4.69) is 0 Å². The maximum atomic E-state index is 13.5. The van der Waals surface area contributed by atoms with Crippen LogP contribution in [0.3, 0.4) is 0 Å². The lowest BCUT2D eigenvalue weighted by Gasteiger charge is -2.23. The predicted molar refractivity (Wildman–Crippen MR) is 326 cm³/mol. The molecular formula is C68H60N8O12. The van der Waals surface area contributed by atoms with Crippen molar-refractivity contribution in [2.45, 2.75) is 53.4 Å². The van der Waals surface area contributed by atoms with Gasteiger partial charge in [-0.15, -0.1) is 0 Å². The lowest BCUT2D eigenvalue weighted by molar-refractivity contribution is -0.146. The third kappa shape index (κ3) is 14.5. The van der Waals surface area contributed by atoms with Crippen molar-refractivity contribution in [3.05, 3.63) is 190 Å². The number of carbonyl (C=O) groups excluding carboxylic acids is 4. The molecule has 21 rings (SSSR count). The maximum Gasteiger partial charge on any atom is 0.344 e. The van der Waals surface area contributed by atoms with Crippen LogP contribution in [0.5, 0.6) is 23.0 Å². The molecule has 0 radical (unpaired) electrons. The number of hydrogen-bond acceptors (Lipinski definition) is 20. The molecule has 0 saturated carbocycles. The largest absolute Gasteiger partial charge is 0.481 e. The van der Waals surface area contributed by atoms with Crippen molar-refractivity contribution in [3.8, 4) is 45.3 Å². The van der Waals surface area contributed by atoms with Gasteiger partial charge in [0.15, 0.2) is 26.4 Å². The second kappa shape index (κ2) is 27.5. The Labute approximate surface area is 506 Å². The van der Waals surface area contributed by atoms with Crippen LogP contribution in [-0.2, 0) is 63.8 Å². The molecule has 12 heterocycles. The summed E-state index contributed by atoms with van der Waals surface area (Å²) >= 11 is 0. The van der Waals surface area contributed by atoms with E-state index in [1.54, 1.807) is 76.2 Å². The monoisotopic (exact) mass is 1180 g/mol. The smallest absolute Gasteiger partial charge is 0.344 e. The normalized spacial score (nSPS) is 12.5. The molecule has 12 aliphatic heterocycles. The molecule has 444 valence electrons. The van der Waals surface area contributed by atoms with Crippen LogP contribution >= 0.6 is 0 Å². The zero-order chi connectivity index (χ0) is 60.9. The van der Waals surface area contributed by atoms with Crippen LogP contribution in [0.1, 0.15) is 72.2 Å². The van der Waals surface area contributed by atoms with Gasteiger partial charge in [0, 0.05) is 70.2 Å². The van der Waals surface area contributed by atoms with Gasteiger partial charge in [-0.05, 0) is 147 Å². The number of nitrogens with zero attached hydrogens (tertiary/aromatic N) is 8. The molecule has 0 N–H and O–H groups in total. The molecule has 20 bridgehead atoms. The first-order valence-corrected chi connectivity index (χ1v) is 28.8. The summed E-state index contributed by atoms with van der Waals surface area (Å²) in [5.41, 5.74) is 11.4. The predicted octanol–water partition coefficient (Wildman–Crippen LogP) is 15.8. The van der Waals surface area contributed by atoms with E-state index in [1.165, 1.54) is 0 Å². The molecule has 0 aromatic heterocycles. The topological polar surface area (TPSA) is 241 Å². The van der Waals surface area contributed by atoms with Crippen LogP contribution in [0.2, 0.25) is 0 Å². The van der Waals surface area contributed by atoms with Crippen LogP contribution in [0.25, 0.3) is 22.3 Å². The second-order valence-electron chi connectivity index (χ2n) is 20.4. The van der Waals surface area contributed by atoms with Crippen LogP contribution in [0.15, 0.2) is 187 Å². The highest BCUT2D eigenvalue weighted by Gasteiger charge is 2.27. The molecule has 0 atom stereocenters. The summed E-state index contributed by atoms with van der Waals surface area (Å²) in [6.07, 6.45) is -0.0622. The van der Waals surface area contributed by atoms with Gasteiger partial charge in [0.1, 0.15) is 23.0 Å². The van der Waals surface area contributed by atoms with Gasteiger partial charge in [-0.2, -0.15) is 40.9 Å². The fourth-order valence-electron chi connectivity index (χ4n) is 10.5. The van der Waals surface area contributed by atoms with Crippen molar-refractivity contribution in [3.63, 3.8) is 0 Å². The highest BCUT2D eigenvalue weighted by molar-refractivity contribution is 5.75. The van der Waals surface area contributed by atoms with Gasteiger partial charge in [-0.1, -0.05) is 48.5 Å². The summed E-state index contributed by atoms with van der Waals surface area (Å²) in [4.78, 5) is 53.8. The Morgan fingerprint density at radius 1 is 0.273 bits per heavy atom. The minimum absolute atomic E-state index is 0.0156. The number of hydrogen-bond donors (Lipinski definition) is 0. The molecule has 8 aromatic carbocycles. The van der Waals surface area contributed by atoms with Crippen molar-refractivity contribution >= 4 is 69.4 Å². The fourth-order valence-corrected chi connectivity index (χ4v) is 10.5. The Hall–Kier alpha value is -10.8. The van der Waals surface area contributed by atoms with Gasteiger partial charge in [0.25, 0.3) is 0 Å². The Balaban J connectivity index is 1.28. The van der Waals surface area contributed by atoms with Gasteiger partial charge in [-0.25, -0.2) is 19.2 Å². The van der Waals surface area contributed by atoms with Gasteiger partial charge in [0.2, 0.25) is 0 Å². The lowest BCUT2D eigenvalue weighted by atomic mass is 9.90. The standard InChI is InChI=1S/C68H60N8O12/c1-5-81-61(77)37-85-65-45-25-47-31-58-33-49(66(47)86-38-62(78)82-6-2)27-51-35-60-36-52(68(51)88-40-64(80)84-8-4)28-50-34-59(75-71-55-21-13-44(14-22-55)43-11-19-54(20-12-43)70-74-58)32-48(67(50)87-39-63(79)83-7-3)26-46(65)30-57(29-45)73-69-53-17-9-41(10-18-53)42-15-23-56(24-16-42)72-76-60/h9-24,29-36H,5-8,25-28,37-40H2,1-4H3. The zero-order valence-corrected chi connectivity index (χ0v) is 48.8. The van der Waals surface area contributed by atoms with Crippen LogP contribution in [-0.4, -0.2) is 76.7 Å². The quantitative estimate of drug-likeness (QED) is 0.0648. The molecule has 0 fully saturated rings. The minimum atomic E-state index is -0.627. The summed E-state index contributed by atoms with van der Waals surface area (Å²) in [7, 11) is 0. The van der Waals surface area contributed by atoms with Crippen molar-refractivity contribution in [2.24, 2.45) is 40.9 Å². The minimum Gasteiger partial charge on any atom is -0.481 e. The summed E-state index contributed by atoms with van der Waals surface area (Å²) < 4.78 is 48.4. The maximum absolute atomic E-state index is 13.5. The van der Waals surface area contributed by atoms with Crippen LogP contribution < -0.4 is 18.9 Å². The second-order valence-corrected chi connectivity index (χ2v) is 20.4. The molecule has 1 aliphatic carbocycles. The van der Waals surface area contributed by atoms with Crippen molar-refractivity contribution in [2.75, 3.05) is 52.9 Å². The van der Waals surface area contributed by atoms with Gasteiger partial charge in [0.05, 0.1) is 71.9 Å². The fraction of sp³-hybridized carbons (Fsp3) is 0.235. The molecule has 13 aliphatic rings. The van der Waals surface area contributed by atoms with Gasteiger partial charge < -0.3 is 37.9 Å². The highest BCUT2D eigenvalue weighted by Crippen LogP contribution is 2.45. The summed E-state index contributed by atoms with van der Waals surface area (Å²) in [5, 5.41) is 38.4. The highest BCUT2D eigenvalue weighted by atomic mass is 16.6.